The Bertz CT molecular complexity index is 3350. The van der Waals surface area contributed by atoms with E-state index < -0.39 is 10.8 Å². The van der Waals surface area contributed by atoms with Gasteiger partial charge in [0, 0.05) is 22.4 Å². The molecule has 1 spiro atoms. The lowest BCUT2D eigenvalue weighted by atomic mass is 9.55. The van der Waals surface area contributed by atoms with Gasteiger partial charge in [-0.1, -0.05) is 207 Å². The van der Waals surface area contributed by atoms with Gasteiger partial charge in [-0.25, -0.2) is 0 Å². The van der Waals surface area contributed by atoms with Crippen LogP contribution in [0, 0.1) is 20.8 Å². The van der Waals surface area contributed by atoms with E-state index in [1.54, 1.807) is 0 Å². The lowest BCUT2D eigenvalue weighted by Crippen LogP contribution is -2.40. The number of hydrogen-bond acceptors (Lipinski definition) is 1. The highest BCUT2D eigenvalue weighted by atomic mass is 15.1. The van der Waals surface area contributed by atoms with E-state index in [9.17, 15) is 0 Å². The van der Waals surface area contributed by atoms with Gasteiger partial charge >= 0.3 is 0 Å². The maximum absolute atomic E-state index is 2.56. The first-order valence-electron chi connectivity index (χ1n) is 23.4. The molecule has 314 valence electrons. The van der Waals surface area contributed by atoms with E-state index >= 15 is 0 Å². The predicted molar refractivity (Wildman–Crippen MR) is 271 cm³/mol. The summed E-state index contributed by atoms with van der Waals surface area (Å²) in [6.45, 7) is 13.7. The second-order valence-corrected chi connectivity index (χ2v) is 19.3. The van der Waals surface area contributed by atoms with Gasteiger partial charge in [0.2, 0.25) is 0 Å². The van der Waals surface area contributed by atoms with Crippen LogP contribution >= 0.6 is 0 Å². The smallest absolute Gasteiger partial charge is 0.0720 e. The Kier molecular flexibility index (Phi) is 8.72. The molecular formula is C64H53N. The largest absolute Gasteiger partial charge is 0.310 e. The van der Waals surface area contributed by atoms with Crippen LogP contribution in [-0.4, -0.2) is 0 Å². The zero-order valence-electron chi connectivity index (χ0n) is 38.2. The van der Waals surface area contributed by atoms with Gasteiger partial charge < -0.3 is 4.90 Å². The fourth-order valence-corrected chi connectivity index (χ4v) is 12.4. The summed E-state index contributed by atoms with van der Waals surface area (Å²) in [6, 6.07) is 77.0. The number of anilines is 3. The Labute approximate surface area is 384 Å². The van der Waals surface area contributed by atoms with Crippen molar-refractivity contribution in [1.29, 1.82) is 0 Å². The van der Waals surface area contributed by atoms with Crippen LogP contribution in [0.25, 0.3) is 22.3 Å². The summed E-state index contributed by atoms with van der Waals surface area (Å²) in [5.74, 6) is 0. The first kappa shape index (κ1) is 39.4. The number of hydrogen-bond donors (Lipinski definition) is 0. The minimum absolute atomic E-state index is 0.173. The van der Waals surface area contributed by atoms with Crippen molar-refractivity contribution >= 4 is 17.1 Å². The van der Waals surface area contributed by atoms with Gasteiger partial charge in [-0.05, 0) is 135 Å². The van der Waals surface area contributed by atoms with Crippen molar-refractivity contribution in [2.24, 2.45) is 0 Å². The highest BCUT2D eigenvalue weighted by Crippen LogP contribution is 2.65. The normalized spacial score (nSPS) is 18.0. The summed E-state index contributed by atoms with van der Waals surface area (Å²) in [5, 5.41) is 0. The molecule has 2 atom stereocenters. The lowest BCUT2D eigenvalue weighted by molar-refractivity contribution is 0.563. The van der Waals surface area contributed by atoms with Crippen molar-refractivity contribution in [3.63, 3.8) is 0 Å². The SMILES string of the molecule is CCc1ccc(N(c2ccc3c(c2)C(c2ccccc2)(c2ccc(C)cc2)c2ccccc2-3)c2cccc3c2-c2cc(C)ccc2C32c3ccccc3C(C)(C)c3ccc(C)cc32)cc1. The minimum atomic E-state index is -0.527. The van der Waals surface area contributed by atoms with Gasteiger partial charge in [0.1, 0.15) is 0 Å². The van der Waals surface area contributed by atoms with Crippen molar-refractivity contribution in [1.82, 2.24) is 0 Å². The van der Waals surface area contributed by atoms with E-state index in [1.807, 2.05) is 0 Å². The average Bonchev–Trinajstić information content (AvgIpc) is 3.80. The van der Waals surface area contributed by atoms with E-state index in [2.05, 4.69) is 247 Å². The van der Waals surface area contributed by atoms with E-state index in [1.165, 1.54) is 106 Å². The van der Waals surface area contributed by atoms with Gasteiger partial charge in [-0.2, -0.15) is 0 Å². The van der Waals surface area contributed by atoms with Gasteiger partial charge in [-0.15, -0.1) is 0 Å². The molecule has 0 heterocycles. The maximum Gasteiger partial charge on any atom is 0.0720 e. The summed E-state index contributed by atoms with van der Waals surface area (Å²) in [4.78, 5) is 2.56. The molecule has 12 rings (SSSR count). The maximum atomic E-state index is 2.56. The topological polar surface area (TPSA) is 3.24 Å². The number of benzene rings is 9. The lowest BCUT2D eigenvalue weighted by Gasteiger charge is -2.47. The molecule has 0 radical (unpaired) electrons. The van der Waals surface area contributed by atoms with Crippen LogP contribution in [-0.2, 0) is 22.7 Å². The van der Waals surface area contributed by atoms with Gasteiger partial charge in [0.25, 0.3) is 0 Å². The fourth-order valence-electron chi connectivity index (χ4n) is 12.4. The predicted octanol–water partition coefficient (Wildman–Crippen LogP) is 16.0. The minimum Gasteiger partial charge on any atom is -0.310 e. The Balaban J connectivity index is 1.18. The van der Waals surface area contributed by atoms with Crippen LogP contribution < -0.4 is 4.90 Å². The van der Waals surface area contributed by atoms with Crippen LogP contribution in [0.1, 0.15) is 98.7 Å². The Morgan fingerprint density at radius 1 is 0.369 bits per heavy atom. The van der Waals surface area contributed by atoms with E-state index in [-0.39, 0.29) is 5.41 Å². The Morgan fingerprint density at radius 2 is 0.938 bits per heavy atom. The van der Waals surface area contributed by atoms with Gasteiger partial charge in [0.15, 0.2) is 0 Å². The van der Waals surface area contributed by atoms with Crippen molar-refractivity contribution in [2.45, 2.75) is 64.2 Å². The molecule has 2 unspecified atom stereocenters. The molecule has 0 aromatic heterocycles. The molecule has 3 aliphatic rings. The highest BCUT2D eigenvalue weighted by molar-refractivity contribution is 5.99. The number of rotatable bonds is 6. The molecule has 0 amide bonds. The monoisotopic (exact) mass is 835 g/mol. The number of nitrogens with zero attached hydrogens (tertiary/aromatic N) is 1. The third-order valence-electron chi connectivity index (χ3n) is 15.4. The molecule has 3 aliphatic carbocycles. The van der Waals surface area contributed by atoms with Crippen LogP contribution in [0.5, 0.6) is 0 Å². The van der Waals surface area contributed by atoms with E-state index in [4.69, 9.17) is 0 Å². The molecule has 0 saturated carbocycles. The molecule has 1 nitrogen and oxygen atoms in total. The first-order chi connectivity index (χ1) is 31.7. The zero-order valence-corrected chi connectivity index (χ0v) is 38.2. The average molecular weight is 836 g/mol. The van der Waals surface area contributed by atoms with Gasteiger partial charge in [-0.3, -0.25) is 0 Å². The Hall–Kier alpha value is -7.22. The van der Waals surface area contributed by atoms with Gasteiger partial charge in [0.05, 0.1) is 16.5 Å². The summed E-state index contributed by atoms with van der Waals surface area (Å²) in [7, 11) is 0. The molecule has 0 saturated heterocycles. The summed E-state index contributed by atoms with van der Waals surface area (Å²) >= 11 is 0. The highest BCUT2D eigenvalue weighted by Gasteiger charge is 2.54. The second kappa shape index (κ2) is 14.4. The summed E-state index contributed by atoms with van der Waals surface area (Å²) in [5.41, 5.74) is 26.0. The molecule has 0 fully saturated rings. The number of aryl methyl sites for hydroxylation is 4. The van der Waals surface area contributed by atoms with E-state index in [0.717, 1.165) is 17.8 Å². The standard InChI is InChI=1S/C64H53N/c1-7-44-28-32-47(33-29-44)65(48-34-35-50-49-18-11-12-19-52(49)63(58(50)40-48,45-16-9-8-10-17-45)46-30-24-41(2)25-31-46)60-23-15-22-57-61(60)51-38-42(3)26-36-53(51)64(57)56-21-14-13-20-54(56)62(5,6)55-37-27-43(4)39-59(55)64/h8-40H,7H2,1-6H3. The number of fused-ring (bicyclic) bond motifs is 12. The van der Waals surface area contributed by atoms with Crippen LogP contribution in [0.3, 0.4) is 0 Å². The molecular weight excluding hydrogens is 783 g/mol. The Morgan fingerprint density at radius 3 is 1.69 bits per heavy atom. The van der Waals surface area contributed by atoms with Crippen molar-refractivity contribution < 1.29 is 0 Å². The molecule has 9 aromatic rings. The van der Waals surface area contributed by atoms with Crippen LogP contribution in [0.15, 0.2) is 200 Å². The molecule has 1 heteroatoms. The third-order valence-corrected chi connectivity index (χ3v) is 15.4. The summed E-state index contributed by atoms with van der Waals surface area (Å²) < 4.78 is 0. The zero-order chi connectivity index (χ0) is 44.2. The molecule has 0 bridgehead atoms. The van der Waals surface area contributed by atoms with Crippen molar-refractivity contribution in [3.8, 4) is 22.3 Å². The molecule has 9 aromatic carbocycles. The van der Waals surface area contributed by atoms with Crippen molar-refractivity contribution in [3.05, 3.63) is 278 Å². The molecule has 65 heavy (non-hydrogen) atoms. The van der Waals surface area contributed by atoms with Crippen LogP contribution in [0.4, 0.5) is 17.1 Å². The second-order valence-electron chi connectivity index (χ2n) is 19.3. The first-order valence-corrected chi connectivity index (χ1v) is 23.4. The molecule has 0 aliphatic heterocycles. The summed E-state index contributed by atoms with van der Waals surface area (Å²) in [6.07, 6.45) is 0.984. The fraction of sp³-hybridized carbons (Fsp3) is 0.156. The third kappa shape index (κ3) is 5.39. The van der Waals surface area contributed by atoms with Crippen molar-refractivity contribution in [2.75, 3.05) is 4.90 Å². The molecule has 0 N–H and O–H groups in total. The van der Waals surface area contributed by atoms with Crippen LogP contribution in [0.2, 0.25) is 0 Å². The quantitative estimate of drug-likeness (QED) is 0.161. The van der Waals surface area contributed by atoms with E-state index in [0.29, 0.717) is 0 Å².